The second-order valence-electron chi connectivity index (χ2n) is 2.57. The van der Waals surface area contributed by atoms with Crippen LogP contribution in [0.5, 0.6) is 0 Å². The van der Waals surface area contributed by atoms with E-state index in [1.54, 1.807) is 0 Å². The average Bonchev–Trinajstić information content (AvgIpc) is 2.37. The van der Waals surface area contributed by atoms with Crippen LogP contribution in [0.1, 0.15) is 26.2 Å². The van der Waals surface area contributed by atoms with Gasteiger partial charge in [-0.2, -0.15) is 0 Å². The third-order valence-corrected chi connectivity index (χ3v) is 1.60. The van der Waals surface area contributed by atoms with E-state index in [0.717, 1.165) is 25.0 Å². The number of nitrogens with zero attached hydrogens (tertiary/aromatic N) is 1. The van der Waals surface area contributed by atoms with E-state index in [0.29, 0.717) is 6.54 Å². The van der Waals surface area contributed by atoms with Crippen molar-refractivity contribution in [2.75, 3.05) is 6.54 Å². The molecule has 0 amide bonds. The summed E-state index contributed by atoms with van der Waals surface area (Å²) in [5, 5.41) is 3.91. The molecule has 1 aliphatic heterocycles. The quantitative estimate of drug-likeness (QED) is 0.636. The van der Waals surface area contributed by atoms with E-state index < -0.39 is 0 Å². The molecule has 0 bridgehead atoms. The molecule has 0 aromatic rings. The van der Waals surface area contributed by atoms with Crippen molar-refractivity contribution in [3.63, 3.8) is 0 Å². The highest BCUT2D eigenvalue weighted by Gasteiger charge is 2.17. The first-order valence-corrected chi connectivity index (χ1v) is 3.78. The Morgan fingerprint density at radius 3 is 3.10 bits per heavy atom. The normalized spacial score (nSPS) is 24.2. The van der Waals surface area contributed by atoms with Gasteiger partial charge >= 0.3 is 0 Å². The summed E-state index contributed by atoms with van der Waals surface area (Å²) in [4.78, 5) is 5.03. The van der Waals surface area contributed by atoms with Crippen LogP contribution in [0.15, 0.2) is 5.16 Å². The lowest BCUT2D eigenvalue weighted by Gasteiger charge is -2.01. The summed E-state index contributed by atoms with van der Waals surface area (Å²) in [5.41, 5.74) is 6.56. The molecular weight excluding hydrogens is 128 g/mol. The highest BCUT2D eigenvalue weighted by molar-refractivity contribution is 5.85. The van der Waals surface area contributed by atoms with E-state index in [1.807, 2.05) is 0 Å². The van der Waals surface area contributed by atoms with Crippen LogP contribution in [0.2, 0.25) is 0 Å². The third kappa shape index (κ3) is 1.70. The van der Waals surface area contributed by atoms with E-state index in [-0.39, 0.29) is 6.10 Å². The average molecular weight is 142 g/mol. The zero-order valence-corrected chi connectivity index (χ0v) is 6.34. The molecule has 1 heterocycles. The van der Waals surface area contributed by atoms with Crippen LogP contribution in [0.25, 0.3) is 0 Å². The van der Waals surface area contributed by atoms with E-state index in [1.165, 1.54) is 0 Å². The van der Waals surface area contributed by atoms with Gasteiger partial charge in [0, 0.05) is 13.0 Å². The zero-order valence-electron chi connectivity index (χ0n) is 6.34. The van der Waals surface area contributed by atoms with Crippen LogP contribution in [0.4, 0.5) is 0 Å². The lowest BCUT2D eigenvalue weighted by atomic mass is 10.1. The van der Waals surface area contributed by atoms with Crippen molar-refractivity contribution in [2.45, 2.75) is 32.3 Å². The molecule has 1 aliphatic rings. The summed E-state index contributed by atoms with van der Waals surface area (Å²) < 4.78 is 0. The van der Waals surface area contributed by atoms with Crippen molar-refractivity contribution >= 4 is 5.71 Å². The second kappa shape index (κ2) is 3.56. The van der Waals surface area contributed by atoms with Crippen molar-refractivity contribution < 1.29 is 4.84 Å². The lowest BCUT2D eigenvalue weighted by molar-refractivity contribution is 0.0918. The van der Waals surface area contributed by atoms with Crippen molar-refractivity contribution in [2.24, 2.45) is 10.9 Å². The zero-order chi connectivity index (χ0) is 7.40. The lowest BCUT2D eigenvalue weighted by Crippen LogP contribution is -2.19. The van der Waals surface area contributed by atoms with Gasteiger partial charge in [-0.1, -0.05) is 18.5 Å². The molecule has 0 radical (unpaired) electrons. The summed E-state index contributed by atoms with van der Waals surface area (Å²) in [7, 11) is 0. The monoisotopic (exact) mass is 142 g/mol. The molecule has 10 heavy (non-hydrogen) atoms. The van der Waals surface area contributed by atoms with Crippen LogP contribution in [0.3, 0.4) is 0 Å². The Morgan fingerprint density at radius 2 is 2.60 bits per heavy atom. The van der Waals surface area contributed by atoms with E-state index in [4.69, 9.17) is 10.6 Å². The third-order valence-electron chi connectivity index (χ3n) is 1.60. The highest BCUT2D eigenvalue weighted by Crippen LogP contribution is 2.12. The molecule has 0 saturated heterocycles. The van der Waals surface area contributed by atoms with Gasteiger partial charge in [0.25, 0.3) is 0 Å². The van der Waals surface area contributed by atoms with Crippen molar-refractivity contribution in [1.82, 2.24) is 0 Å². The van der Waals surface area contributed by atoms with Crippen molar-refractivity contribution in [3.8, 4) is 0 Å². The SMILES string of the molecule is CCCC1=NO[C@H](CN)C1. The number of oxime groups is 1. The van der Waals surface area contributed by atoms with Gasteiger partial charge in [-0.25, -0.2) is 0 Å². The Morgan fingerprint density at radius 1 is 1.80 bits per heavy atom. The molecule has 3 heteroatoms. The van der Waals surface area contributed by atoms with Gasteiger partial charge in [0.05, 0.1) is 5.71 Å². The van der Waals surface area contributed by atoms with Gasteiger partial charge < -0.3 is 10.6 Å². The van der Waals surface area contributed by atoms with Crippen LogP contribution >= 0.6 is 0 Å². The fourth-order valence-corrected chi connectivity index (χ4v) is 1.05. The predicted octanol–water partition coefficient (Wildman–Crippen LogP) is 0.890. The molecule has 3 nitrogen and oxygen atoms in total. The molecular formula is C7H14N2O. The molecule has 0 spiro atoms. The highest BCUT2D eigenvalue weighted by atomic mass is 16.6. The fourth-order valence-electron chi connectivity index (χ4n) is 1.05. The van der Waals surface area contributed by atoms with Gasteiger partial charge in [0.1, 0.15) is 6.10 Å². The maximum atomic E-state index is 5.39. The molecule has 0 aliphatic carbocycles. The van der Waals surface area contributed by atoms with E-state index in [9.17, 15) is 0 Å². The van der Waals surface area contributed by atoms with Crippen molar-refractivity contribution in [1.29, 1.82) is 0 Å². The minimum Gasteiger partial charge on any atom is -0.391 e. The first-order chi connectivity index (χ1) is 4.86. The minimum atomic E-state index is 0.154. The maximum absolute atomic E-state index is 5.39. The summed E-state index contributed by atoms with van der Waals surface area (Å²) in [6, 6.07) is 0. The molecule has 1 atom stereocenters. The number of nitrogens with two attached hydrogens (primary N) is 1. The van der Waals surface area contributed by atoms with Gasteiger partial charge in [0.15, 0.2) is 0 Å². The molecule has 0 aromatic heterocycles. The Bertz CT molecular complexity index is 134. The Labute approximate surface area is 61.2 Å². The Balaban J connectivity index is 2.25. The summed E-state index contributed by atoms with van der Waals surface area (Å²) >= 11 is 0. The van der Waals surface area contributed by atoms with Gasteiger partial charge in [-0.15, -0.1) is 0 Å². The summed E-state index contributed by atoms with van der Waals surface area (Å²) in [6.07, 6.45) is 3.28. The first-order valence-electron chi connectivity index (χ1n) is 3.78. The van der Waals surface area contributed by atoms with Gasteiger partial charge in [0.2, 0.25) is 0 Å². The second-order valence-corrected chi connectivity index (χ2v) is 2.57. The topological polar surface area (TPSA) is 47.6 Å². The van der Waals surface area contributed by atoms with Crippen LogP contribution in [0, 0.1) is 0 Å². The largest absolute Gasteiger partial charge is 0.391 e. The van der Waals surface area contributed by atoms with Gasteiger partial charge in [-0.05, 0) is 6.42 Å². The maximum Gasteiger partial charge on any atom is 0.145 e. The van der Waals surface area contributed by atoms with Crippen molar-refractivity contribution in [3.05, 3.63) is 0 Å². The molecule has 1 rings (SSSR count). The molecule has 0 saturated carbocycles. The van der Waals surface area contributed by atoms with Gasteiger partial charge in [-0.3, -0.25) is 0 Å². The minimum absolute atomic E-state index is 0.154. The Hall–Kier alpha value is -0.570. The fraction of sp³-hybridized carbons (Fsp3) is 0.857. The summed E-state index contributed by atoms with van der Waals surface area (Å²) in [6.45, 7) is 2.72. The molecule has 0 unspecified atom stereocenters. The van der Waals surface area contributed by atoms with Crippen LogP contribution in [-0.4, -0.2) is 18.4 Å². The summed E-state index contributed by atoms with van der Waals surface area (Å²) in [5.74, 6) is 0. The predicted molar refractivity (Wildman–Crippen MR) is 40.9 cm³/mol. The number of hydrogen-bond donors (Lipinski definition) is 1. The number of hydrogen-bond acceptors (Lipinski definition) is 3. The molecule has 58 valence electrons. The first kappa shape index (κ1) is 7.54. The van der Waals surface area contributed by atoms with Crippen LogP contribution in [-0.2, 0) is 4.84 Å². The van der Waals surface area contributed by atoms with E-state index >= 15 is 0 Å². The molecule has 0 fully saturated rings. The molecule has 0 aromatic carbocycles. The van der Waals surface area contributed by atoms with E-state index in [2.05, 4.69) is 12.1 Å². The Kier molecular flexibility index (Phi) is 2.68. The smallest absolute Gasteiger partial charge is 0.145 e. The van der Waals surface area contributed by atoms with Crippen LogP contribution < -0.4 is 5.73 Å². The number of rotatable bonds is 3. The molecule has 2 N–H and O–H groups in total. The standard InChI is InChI=1S/C7H14N2O/c1-2-3-6-4-7(5-8)10-9-6/h7H,2-5,8H2,1H3/t7-/m0/s1.